The summed E-state index contributed by atoms with van der Waals surface area (Å²) in [6, 6.07) is 15.6. The molecule has 0 spiro atoms. The van der Waals surface area contributed by atoms with Crippen molar-refractivity contribution < 1.29 is 4.79 Å². The number of nitrogens with zero attached hydrogens (tertiary/aromatic N) is 6. The lowest BCUT2D eigenvalue weighted by atomic mass is 9.95. The Hall–Kier alpha value is -3.26. The second-order valence-corrected chi connectivity index (χ2v) is 8.24. The molecule has 8 nitrogen and oxygen atoms in total. The molecule has 0 bridgehead atoms. The van der Waals surface area contributed by atoms with Crippen LogP contribution in [0.25, 0.3) is 0 Å². The van der Waals surface area contributed by atoms with E-state index in [0.717, 1.165) is 54.4 Å². The van der Waals surface area contributed by atoms with Crippen molar-refractivity contribution in [2.24, 2.45) is 15.3 Å². The number of amides is 2. The molecule has 2 heterocycles. The number of nitrogens with one attached hydrogen (secondary N) is 1. The Kier molecular flexibility index (Phi) is 6.27. The van der Waals surface area contributed by atoms with E-state index < -0.39 is 0 Å². The molecule has 0 aromatic heterocycles. The molecule has 0 aliphatic carbocycles. The van der Waals surface area contributed by atoms with Crippen LogP contribution >= 0.6 is 0 Å². The van der Waals surface area contributed by atoms with Gasteiger partial charge in [0.15, 0.2) is 0 Å². The number of piperazine rings is 1. The molecular weight excluding hydrogens is 390 g/mol. The van der Waals surface area contributed by atoms with Crippen LogP contribution in [-0.4, -0.2) is 69.0 Å². The fourth-order valence-corrected chi connectivity index (χ4v) is 3.70. The summed E-state index contributed by atoms with van der Waals surface area (Å²) >= 11 is 0. The Balaban J connectivity index is 1.43. The molecule has 2 aromatic rings. The second-order valence-electron chi connectivity index (χ2n) is 8.24. The van der Waals surface area contributed by atoms with Crippen molar-refractivity contribution in [3.05, 3.63) is 59.7 Å². The Morgan fingerprint density at radius 1 is 1.00 bits per heavy atom. The largest absolute Gasteiger partial charge is 0.378 e. The minimum absolute atomic E-state index is 0.0900. The molecule has 1 unspecified atom stereocenters. The van der Waals surface area contributed by atoms with Gasteiger partial charge in [-0.15, -0.1) is 5.11 Å². The van der Waals surface area contributed by atoms with E-state index >= 15 is 0 Å². The third kappa shape index (κ3) is 5.27. The number of carbonyl (C=O) groups excluding carboxylic acids is 1. The summed E-state index contributed by atoms with van der Waals surface area (Å²) in [5.74, 6) is 0. The van der Waals surface area contributed by atoms with Crippen LogP contribution in [0.4, 0.5) is 16.2 Å². The summed E-state index contributed by atoms with van der Waals surface area (Å²) < 4.78 is 0. The SMILES string of the molecule is CN1CCN(N=Nc2ccc(C3=NC(=O)NC(c4ccc(N(C)C)cc4)C3)cc2)CC1. The number of carbonyl (C=O) groups is 1. The highest BCUT2D eigenvalue weighted by Gasteiger charge is 2.23. The first kappa shape index (κ1) is 21.0. The molecule has 1 saturated heterocycles. The average molecular weight is 420 g/mol. The van der Waals surface area contributed by atoms with Crippen molar-refractivity contribution in [3.63, 3.8) is 0 Å². The lowest BCUT2D eigenvalue weighted by molar-refractivity contribution is 0.150. The normalized spacial score (nSPS) is 20.0. The molecule has 8 heteroatoms. The third-order valence-corrected chi connectivity index (χ3v) is 5.71. The summed E-state index contributed by atoms with van der Waals surface area (Å²) in [7, 11) is 6.14. The molecule has 0 radical (unpaired) electrons. The molecular formula is C23H29N7O. The highest BCUT2D eigenvalue weighted by molar-refractivity contribution is 6.08. The monoisotopic (exact) mass is 419 g/mol. The summed E-state index contributed by atoms with van der Waals surface area (Å²) in [6.07, 6.45) is 0.648. The van der Waals surface area contributed by atoms with Crippen LogP contribution in [-0.2, 0) is 0 Å². The quantitative estimate of drug-likeness (QED) is 0.751. The molecule has 0 saturated carbocycles. The molecule has 2 aliphatic heterocycles. The first-order chi connectivity index (χ1) is 15.0. The molecule has 31 heavy (non-hydrogen) atoms. The predicted molar refractivity (Wildman–Crippen MR) is 123 cm³/mol. The first-order valence-electron chi connectivity index (χ1n) is 10.6. The third-order valence-electron chi connectivity index (χ3n) is 5.71. The van der Waals surface area contributed by atoms with Gasteiger partial charge >= 0.3 is 6.03 Å². The molecule has 4 rings (SSSR count). The van der Waals surface area contributed by atoms with Gasteiger partial charge in [-0.2, -0.15) is 4.99 Å². The Bertz CT molecular complexity index is 958. The maximum absolute atomic E-state index is 12.2. The lowest BCUT2D eigenvalue weighted by Gasteiger charge is -2.29. The lowest BCUT2D eigenvalue weighted by Crippen LogP contribution is -2.41. The van der Waals surface area contributed by atoms with Gasteiger partial charge in [0, 0.05) is 39.3 Å². The van der Waals surface area contributed by atoms with Crippen LogP contribution in [0.15, 0.2) is 63.9 Å². The van der Waals surface area contributed by atoms with Crippen LogP contribution in [0, 0.1) is 0 Å². The van der Waals surface area contributed by atoms with E-state index in [1.54, 1.807) is 0 Å². The van der Waals surface area contributed by atoms with Crippen LogP contribution in [0.2, 0.25) is 0 Å². The zero-order chi connectivity index (χ0) is 21.8. The predicted octanol–water partition coefficient (Wildman–Crippen LogP) is 3.64. The van der Waals surface area contributed by atoms with Crippen molar-refractivity contribution in [2.45, 2.75) is 12.5 Å². The van der Waals surface area contributed by atoms with E-state index in [1.165, 1.54) is 0 Å². The minimum atomic E-state index is -0.304. The highest BCUT2D eigenvalue weighted by Crippen LogP contribution is 2.26. The number of likely N-dealkylation sites (N-methyl/N-ethyl adjacent to an activating group) is 1. The fraction of sp³-hybridized carbons (Fsp3) is 0.391. The number of rotatable bonds is 5. The maximum Gasteiger partial charge on any atom is 0.341 e. The van der Waals surface area contributed by atoms with Gasteiger partial charge in [-0.05, 0) is 42.4 Å². The Morgan fingerprint density at radius 3 is 2.32 bits per heavy atom. The van der Waals surface area contributed by atoms with Crippen molar-refractivity contribution in [1.82, 2.24) is 15.2 Å². The van der Waals surface area contributed by atoms with E-state index in [1.807, 2.05) is 43.4 Å². The van der Waals surface area contributed by atoms with E-state index in [-0.39, 0.29) is 12.1 Å². The summed E-state index contributed by atoms with van der Waals surface area (Å²) in [5, 5.41) is 13.7. The van der Waals surface area contributed by atoms with Gasteiger partial charge in [0.05, 0.1) is 30.5 Å². The van der Waals surface area contributed by atoms with Crippen LogP contribution < -0.4 is 10.2 Å². The summed E-state index contributed by atoms with van der Waals surface area (Å²) in [5.41, 5.74) is 4.71. The smallest absolute Gasteiger partial charge is 0.341 e. The van der Waals surface area contributed by atoms with Crippen molar-refractivity contribution >= 4 is 23.1 Å². The van der Waals surface area contributed by atoms with E-state index in [0.29, 0.717) is 6.42 Å². The maximum atomic E-state index is 12.2. The van der Waals surface area contributed by atoms with Crippen molar-refractivity contribution in [1.29, 1.82) is 0 Å². The highest BCUT2D eigenvalue weighted by atomic mass is 16.2. The van der Waals surface area contributed by atoms with Crippen molar-refractivity contribution in [3.8, 4) is 0 Å². The molecule has 2 amide bonds. The van der Waals surface area contributed by atoms with E-state index in [2.05, 4.69) is 61.8 Å². The number of hydrogen-bond donors (Lipinski definition) is 1. The topological polar surface area (TPSA) is 75.9 Å². The van der Waals surface area contributed by atoms with Crippen molar-refractivity contribution in [2.75, 3.05) is 52.2 Å². The number of benzene rings is 2. The van der Waals surface area contributed by atoms with E-state index in [9.17, 15) is 4.79 Å². The van der Waals surface area contributed by atoms with Gasteiger partial charge in [-0.3, -0.25) is 5.01 Å². The fourth-order valence-electron chi connectivity index (χ4n) is 3.70. The number of hydrogen-bond acceptors (Lipinski definition) is 5. The number of aliphatic imine (C=N–C) groups is 1. The zero-order valence-electron chi connectivity index (χ0n) is 18.3. The van der Waals surface area contributed by atoms with Gasteiger partial charge in [-0.25, -0.2) is 4.79 Å². The molecule has 1 N–H and O–H groups in total. The summed E-state index contributed by atoms with van der Waals surface area (Å²) in [4.78, 5) is 20.8. The second kappa shape index (κ2) is 9.26. The van der Waals surface area contributed by atoms with Crippen LogP contribution in [0.1, 0.15) is 23.6 Å². The number of anilines is 1. The van der Waals surface area contributed by atoms with Crippen LogP contribution in [0.3, 0.4) is 0 Å². The molecule has 2 aromatic carbocycles. The standard InChI is InChI=1S/C23H29N7O/c1-28(2)20-10-6-18(7-11-20)22-16-21(24-23(31)25-22)17-4-8-19(9-5-17)26-27-30-14-12-29(3)13-15-30/h4-11,22H,12-16H2,1-3H3,(H,25,31). The van der Waals surface area contributed by atoms with Gasteiger partial charge in [0.25, 0.3) is 0 Å². The van der Waals surface area contributed by atoms with Gasteiger partial charge in [-0.1, -0.05) is 29.5 Å². The summed E-state index contributed by atoms with van der Waals surface area (Å²) in [6.45, 7) is 3.78. The molecule has 1 atom stereocenters. The average Bonchev–Trinajstić information content (AvgIpc) is 2.79. The molecule has 162 valence electrons. The van der Waals surface area contributed by atoms with Gasteiger partial charge in [0.1, 0.15) is 0 Å². The zero-order valence-corrected chi connectivity index (χ0v) is 18.3. The van der Waals surface area contributed by atoms with Gasteiger partial charge < -0.3 is 15.1 Å². The minimum Gasteiger partial charge on any atom is -0.378 e. The molecule has 1 fully saturated rings. The Morgan fingerprint density at radius 2 is 1.68 bits per heavy atom. The number of urea groups is 1. The van der Waals surface area contributed by atoms with E-state index in [4.69, 9.17) is 0 Å². The van der Waals surface area contributed by atoms with Gasteiger partial charge in [0.2, 0.25) is 0 Å². The van der Waals surface area contributed by atoms with Crippen LogP contribution in [0.5, 0.6) is 0 Å². The first-order valence-corrected chi connectivity index (χ1v) is 10.6. The Labute approximate surface area is 183 Å². The molecule has 2 aliphatic rings.